The maximum Gasteiger partial charge on any atom is 0.338 e. The highest BCUT2D eigenvalue weighted by Gasteiger charge is 2.15. The van der Waals surface area contributed by atoms with Gasteiger partial charge in [-0.2, -0.15) is 0 Å². The first-order valence-corrected chi connectivity index (χ1v) is 11.7. The Bertz CT molecular complexity index is 1130. The number of aryl methyl sites for hydroxylation is 1. The van der Waals surface area contributed by atoms with Crippen molar-refractivity contribution in [3.05, 3.63) is 65.0 Å². The van der Waals surface area contributed by atoms with Gasteiger partial charge >= 0.3 is 5.97 Å². The number of nitrogens with zero attached hydrogens (tertiary/aromatic N) is 3. The molecule has 0 aliphatic rings. The van der Waals surface area contributed by atoms with Crippen LogP contribution in [0.15, 0.2) is 47.6 Å². The summed E-state index contributed by atoms with van der Waals surface area (Å²) in [5, 5.41) is 11.9. The van der Waals surface area contributed by atoms with Crippen LogP contribution in [0.25, 0.3) is 0 Å². The molecule has 1 N–H and O–H groups in total. The molecule has 3 rings (SSSR count). The zero-order valence-corrected chi connectivity index (χ0v) is 20.1. The number of thioether (sulfide) groups is 1. The second-order valence-electron chi connectivity index (χ2n) is 7.27. The molecule has 9 heteroatoms. The predicted molar refractivity (Wildman–Crippen MR) is 128 cm³/mol. The van der Waals surface area contributed by atoms with E-state index in [0.29, 0.717) is 42.0 Å². The molecule has 8 nitrogen and oxygen atoms in total. The molecule has 0 unspecified atom stereocenters. The Hall–Kier alpha value is -3.33. The molecule has 33 heavy (non-hydrogen) atoms. The number of nitrogens with one attached hydrogen (secondary N) is 1. The molecule has 0 fully saturated rings. The van der Waals surface area contributed by atoms with E-state index in [1.54, 1.807) is 31.2 Å². The summed E-state index contributed by atoms with van der Waals surface area (Å²) in [5.41, 5.74) is 3.19. The van der Waals surface area contributed by atoms with E-state index in [2.05, 4.69) is 15.5 Å². The molecule has 0 spiro atoms. The fourth-order valence-corrected chi connectivity index (χ4v) is 3.96. The topological polar surface area (TPSA) is 95.3 Å². The number of esters is 1. The van der Waals surface area contributed by atoms with Gasteiger partial charge in [0.05, 0.1) is 17.9 Å². The van der Waals surface area contributed by atoms with Crippen LogP contribution in [0.4, 0.5) is 5.69 Å². The lowest BCUT2D eigenvalue weighted by atomic mass is 10.1. The van der Waals surface area contributed by atoms with Gasteiger partial charge in [0.2, 0.25) is 5.91 Å². The van der Waals surface area contributed by atoms with E-state index in [1.807, 2.05) is 43.5 Å². The van der Waals surface area contributed by atoms with Crippen LogP contribution in [-0.4, -0.2) is 39.0 Å². The van der Waals surface area contributed by atoms with Crippen LogP contribution in [0.5, 0.6) is 5.75 Å². The lowest BCUT2D eigenvalue weighted by Gasteiger charge is -2.12. The first-order valence-electron chi connectivity index (χ1n) is 10.7. The molecule has 1 amide bonds. The molecule has 3 aromatic rings. The zero-order valence-electron chi connectivity index (χ0n) is 19.3. The van der Waals surface area contributed by atoms with Crippen LogP contribution in [0.2, 0.25) is 0 Å². The van der Waals surface area contributed by atoms with Gasteiger partial charge in [-0.15, -0.1) is 10.2 Å². The molecule has 0 radical (unpaired) electrons. The van der Waals surface area contributed by atoms with E-state index in [-0.39, 0.29) is 11.7 Å². The van der Waals surface area contributed by atoms with E-state index in [1.165, 1.54) is 17.3 Å². The van der Waals surface area contributed by atoms with Crippen LogP contribution in [0.3, 0.4) is 0 Å². The Labute approximate surface area is 197 Å². The summed E-state index contributed by atoms with van der Waals surface area (Å²) in [6.07, 6.45) is 0. The van der Waals surface area contributed by atoms with Crippen LogP contribution in [0.1, 0.15) is 41.2 Å². The highest BCUT2D eigenvalue weighted by atomic mass is 32.2. The SMILES string of the molecule is CCOC(=O)c1cccc(NC(=O)CSc2nnc(COc3cccc(C)c3C)n2CC)c1. The second-order valence-corrected chi connectivity index (χ2v) is 8.21. The van der Waals surface area contributed by atoms with Crippen LogP contribution in [-0.2, 0) is 22.7 Å². The fourth-order valence-electron chi connectivity index (χ4n) is 3.14. The number of carbonyl (C=O) groups excluding carboxylic acids is 2. The van der Waals surface area contributed by atoms with Gasteiger partial charge in [-0.25, -0.2) is 4.79 Å². The minimum Gasteiger partial charge on any atom is -0.485 e. The number of rotatable bonds is 10. The molecule has 0 atom stereocenters. The lowest BCUT2D eigenvalue weighted by molar-refractivity contribution is -0.113. The summed E-state index contributed by atoms with van der Waals surface area (Å²) in [4.78, 5) is 24.3. The second kappa shape index (κ2) is 11.5. The molecule has 0 saturated carbocycles. The number of ether oxygens (including phenoxy) is 2. The number of hydrogen-bond acceptors (Lipinski definition) is 7. The van der Waals surface area contributed by atoms with Crippen molar-refractivity contribution >= 4 is 29.3 Å². The van der Waals surface area contributed by atoms with Gasteiger partial charge in [0.25, 0.3) is 0 Å². The number of aromatic nitrogens is 3. The van der Waals surface area contributed by atoms with Crippen molar-refractivity contribution in [2.45, 2.75) is 46.0 Å². The Morgan fingerprint density at radius 2 is 1.88 bits per heavy atom. The zero-order chi connectivity index (χ0) is 23.8. The van der Waals surface area contributed by atoms with E-state index in [9.17, 15) is 9.59 Å². The monoisotopic (exact) mass is 468 g/mol. The Balaban J connectivity index is 1.58. The summed E-state index contributed by atoms with van der Waals surface area (Å²) >= 11 is 1.30. The van der Waals surface area contributed by atoms with Gasteiger partial charge in [0, 0.05) is 12.2 Å². The van der Waals surface area contributed by atoms with E-state index in [0.717, 1.165) is 11.3 Å². The quantitative estimate of drug-likeness (QED) is 0.348. The Morgan fingerprint density at radius 1 is 1.09 bits per heavy atom. The van der Waals surface area contributed by atoms with Crippen molar-refractivity contribution < 1.29 is 19.1 Å². The molecule has 0 bridgehead atoms. The van der Waals surface area contributed by atoms with Crippen molar-refractivity contribution in [2.24, 2.45) is 0 Å². The molecule has 2 aromatic carbocycles. The van der Waals surface area contributed by atoms with Crippen molar-refractivity contribution in [3.8, 4) is 5.75 Å². The van der Waals surface area contributed by atoms with E-state index >= 15 is 0 Å². The van der Waals surface area contributed by atoms with Crippen LogP contribution in [0, 0.1) is 13.8 Å². The molecule has 0 aliphatic heterocycles. The van der Waals surface area contributed by atoms with Gasteiger partial charge in [-0.05, 0) is 63.1 Å². The average Bonchev–Trinajstić information content (AvgIpc) is 3.20. The summed E-state index contributed by atoms with van der Waals surface area (Å²) < 4.78 is 12.9. The van der Waals surface area contributed by atoms with Crippen molar-refractivity contribution in [1.82, 2.24) is 14.8 Å². The number of amides is 1. The smallest absolute Gasteiger partial charge is 0.338 e. The molecule has 0 aliphatic carbocycles. The Morgan fingerprint density at radius 3 is 2.64 bits per heavy atom. The molecule has 1 aromatic heterocycles. The van der Waals surface area contributed by atoms with Crippen molar-refractivity contribution in [3.63, 3.8) is 0 Å². The number of carbonyl (C=O) groups is 2. The summed E-state index contributed by atoms with van der Waals surface area (Å²) in [6, 6.07) is 12.6. The first-order chi connectivity index (χ1) is 15.9. The predicted octanol–water partition coefficient (Wildman–Crippen LogP) is 4.40. The normalized spacial score (nSPS) is 10.7. The van der Waals surface area contributed by atoms with Gasteiger partial charge in [-0.1, -0.05) is 30.0 Å². The maximum atomic E-state index is 12.4. The summed E-state index contributed by atoms with van der Waals surface area (Å²) in [5.74, 6) is 1.04. The molecular weight excluding hydrogens is 440 g/mol. The average molecular weight is 469 g/mol. The number of benzene rings is 2. The standard InChI is InChI=1S/C24H28N4O4S/c1-5-28-21(14-32-20-12-7-9-16(3)17(20)4)26-27-24(28)33-15-22(29)25-19-11-8-10-18(13-19)23(30)31-6-2/h7-13H,5-6,14-15H2,1-4H3,(H,25,29). The van der Waals surface area contributed by atoms with E-state index in [4.69, 9.17) is 9.47 Å². The third-order valence-electron chi connectivity index (χ3n) is 5.01. The highest BCUT2D eigenvalue weighted by Crippen LogP contribution is 2.23. The summed E-state index contributed by atoms with van der Waals surface area (Å²) in [6.45, 7) is 9.05. The molecular formula is C24H28N4O4S. The van der Waals surface area contributed by atoms with Crippen molar-refractivity contribution in [2.75, 3.05) is 17.7 Å². The molecule has 174 valence electrons. The third-order valence-corrected chi connectivity index (χ3v) is 5.98. The molecule has 0 saturated heterocycles. The minimum absolute atomic E-state index is 0.152. The first kappa shape index (κ1) is 24.3. The van der Waals surface area contributed by atoms with Gasteiger partial charge < -0.3 is 19.4 Å². The fraction of sp³-hybridized carbons (Fsp3) is 0.333. The third kappa shape index (κ3) is 6.35. The lowest BCUT2D eigenvalue weighted by Crippen LogP contribution is -2.15. The highest BCUT2D eigenvalue weighted by molar-refractivity contribution is 7.99. The maximum absolute atomic E-state index is 12.4. The van der Waals surface area contributed by atoms with Gasteiger partial charge in [0.1, 0.15) is 12.4 Å². The van der Waals surface area contributed by atoms with Gasteiger partial charge in [-0.3, -0.25) is 4.79 Å². The Kier molecular flexibility index (Phi) is 8.48. The van der Waals surface area contributed by atoms with Crippen LogP contribution >= 0.6 is 11.8 Å². The van der Waals surface area contributed by atoms with Gasteiger partial charge in [0.15, 0.2) is 11.0 Å². The van der Waals surface area contributed by atoms with Crippen LogP contribution < -0.4 is 10.1 Å². The summed E-state index contributed by atoms with van der Waals surface area (Å²) in [7, 11) is 0. The minimum atomic E-state index is -0.422. The number of anilines is 1. The molecule has 1 heterocycles. The number of hydrogen-bond donors (Lipinski definition) is 1. The largest absolute Gasteiger partial charge is 0.485 e. The van der Waals surface area contributed by atoms with Crippen molar-refractivity contribution in [1.29, 1.82) is 0 Å². The van der Waals surface area contributed by atoms with E-state index < -0.39 is 5.97 Å².